The van der Waals surface area contributed by atoms with E-state index in [1.165, 1.54) is 92.2 Å². The molecule has 684 valence electrons. The van der Waals surface area contributed by atoms with Crippen molar-refractivity contribution in [3.05, 3.63) is 308 Å². The van der Waals surface area contributed by atoms with E-state index < -0.39 is 0 Å². The van der Waals surface area contributed by atoms with Crippen molar-refractivity contribution in [3.8, 4) is 57.2 Å². The molecule has 20 nitrogen and oxygen atoms in total. The Balaban J connectivity index is 0.000000115. The molecule has 0 amide bonds. The van der Waals surface area contributed by atoms with Crippen LogP contribution < -0.4 is 0 Å². The third kappa shape index (κ3) is 17.2. The van der Waals surface area contributed by atoms with Gasteiger partial charge in [0.05, 0.1) is 0 Å². The highest BCUT2D eigenvalue weighted by molar-refractivity contribution is 6.31. The van der Waals surface area contributed by atoms with Gasteiger partial charge in [-0.1, -0.05) is 319 Å². The molecule has 10 heterocycles. The first-order valence-corrected chi connectivity index (χ1v) is 47.0. The van der Waals surface area contributed by atoms with Gasteiger partial charge in [0, 0.05) is 26.7 Å². The predicted molar refractivity (Wildman–Crippen MR) is 538 cm³/mol. The standard InChI is InChI=1S/C22H29N3O.C20H24ClN3O.C20H25N3O.C17H18ClN3O.C16H17N3O.2C7H8/c1-7-21(3,4)15-13-16(22(5,6)8-2)20(26)19(14-15)25-23-17-11-9-10-12-18(17)24(23)25;1-19(2,3)12-9-14(20(4,5)6)18(25)17(10-12)24-22-15-8-7-13(21)11-16(15)23(22)24;1-4-5-8-13-20(2,3)15-11-12-19(24)18(14-15)23-21-16-9-6-7-10-17(16)22(21)23;1-10-7-12(17(2,3)4)16(22)15(8-10)21-19-13-6-5-11(18)9-14(13)20(19)21;1-3-11-9-12(4-2)16(20)15(10-11)19-17-13-7-5-6-8-14(13)18(17)19;2*1-7-5-3-2-4-6-7/h9-14,26H,7-8H2,1-6H3;7-11,25H,1-6H3;6-7,9-12,14,24H,4-5,8,13H2,1-3H3;5-9,22H,1-4H3;5-10,20H,3-4H2,1-2H3;2*2-6H,1H3. The first kappa shape index (κ1) is 91.5. The lowest BCUT2D eigenvalue weighted by atomic mass is 9.76. The van der Waals surface area contributed by atoms with Crippen molar-refractivity contribution >= 4 is 78.4 Å². The Morgan fingerprint density at radius 2 is 0.618 bits per heavy atom. The molecule has 0 aliphatic heterocycles. The highest BCUT2D eigenvalue weighted by Crippen LogP contribution is 2.47. The number of para-hydroxylation sites is 6. The summed E-state index contributed by atoms with van der Waals surface area (Å²) < 4.78 is 20.6. The van der Waals surface area contributed by atoms with Crippen LogP contribution in [0.25, 0.3) is 83.6 Å². The van der Waals surface area contributed by atoms with Gasteiger partial charge in [0.2, 0.25) is 0 Å². The van der Waals surface area contributed by atoms with E-state index in [-0.39, 0.29) is 32.5 Å². The number of aromatic nitrogens is 15. The minimum absolute atomic E-state index is 0.00165. The summed E-state index contributed by atoms with van der Waals surface area (Å²) in [7, 11) is 0. The molecule has 0 atom stereocenters. The van der Waals surface area contributed by atoms with Gasteiger partial charge < -0.3 is 25.5 Å². The van der Waals surface area contributed by atoms with Gasteiger partial charge in [0.1, 0.15) is 112 Å². The molecular weight excluding hydrogens is 1670 g/mol. The molecule has 5 N–H and O–H groups in total. The van der Waals surface area contributed by atoms with E-state index in [2.05, 4.69) is 319 Å². The quantitative estimate of drug-likeness (QED) is 0.0606. The number of phenols is 5. The molecule has 10 aromatic heterocycles. The number of hydrogen-bond acceptors (Lipinski definition) is 5. The number of halogens is 2. The molecule has 131 heavy (non-hydrogen) atoms. The maximum atomic E-state index is 11.2. The number of rotatable bonds is 16. The average Bonchev–Trinajstić information content (AvgIpc) is 1.51. The SMILES string of the molecule is CC(C)(C)c1cc(-n2n3c4ccc(Cl)cc4n23)c(O)c(C(C)(C)C)c1.CCC(C)(C)c1cc(-n2n3c4ccccc4n23)c(O)c(C(C)(C)CC)c1.CCCCCC(C)(C)c1ccc(O)c(-n2n3c4ccccc4n23)c1.CCc1cc(CC)c(O)c(-n2n3c4ccccc4n23)c1.Cc1cc(-n2n3c4ccc(Cl)cc4n23)c(O)c(C(C)(C)C)c1.Cc1ccccc1.Cc1ccccc1. The van der Waals surface area contributed by atoms with Crippen LogP contribution in [0.3, 0.4) is 0 Å². The fourth-order valence-corrected chi connectivity index (χ4v) is 17.7. The lowest BCUT2D eigenvalue weighted by Crippen LogP contribution is -2.21. The highest BCUT2D eigenvalue weighted by Gasteiger charge is 2.37. The van der Waals surface area contributed by atoms with Crippen LogP contribution in [0.1, 0.15) is 238 Å². The third-order valence-corrected chi connectivity index (χ3v) is 27.0. The monoisotopic (exact) mass is 1800 g/mol. The first-order valence-electron chi connectivity index (χ1n) is 46.3. The summed E-state index contributed by atoms with van der Waals surface area (Å²) in [6, 6.07) is 79.9. The number of aryl methyl sites for hydroxylation is 5. The highest BCUT2D eigenvalue weighted by atomic mass is 35.5. The van der Waals surface area contributed by atoms with Gasteiger partial charge >= 0.3 is 0 Å². The number of fused-ring (bicyclic) bond motifs is 20. The van der Waals surface area contributed by atoms with Crippen molar-refractivity contribution in [2.24, 2.45) is 0 Å². The summed E-state index contributed by atoms with van der Waals surface area (Å²) in [4.78, 5) is 10.1. The van der Waals surface area contributed by atoms with E-state index >= 15 is 0 Å². The topological polar surface area (TPSA) is 170 Å². The summed E-state index contributed by atoms with van der Waals surface area (Å²) in [5.41, 5.74) is 28.3. The Morgan fingerprint density at radius 3 is 0.992 bits per heavy atom. The average molecular weight is 1800 g/mol. The molecule has 22 heteroatoms. The summed E-state index contributed by atoms with van der Waals surface area (Å²) in [6.45, 7) is 49.9. The number of aromatic hydroxyl groups is 5. The Hall–Kier alpha value is -12.8. The number of hydrogen-bond donors (Lipinski definition) is 5. The third-order valence-electron chi connectivity index (χ3n) is 26.5. The van der Waals surface area contributed by atoms with Crippen LogP contribution >= 0.6 is 23.2 Å². The zero-order valence-electron chi connectivity index (χ0n) is 80.4. The molecular formula is C109H129Cl2N15O5. The normalized spacial score (nSPS) is 12.6. The van der Waals surface area contributed by atoms with Crippen LogP contribution in [-0.2, 0) is 45.3 Å². The van der Waals surface area contributed by atoms with Crippen molar-refractivity contribution < 1.29 is 25.5 Å². The molecule has 0 radical (unpaired) electrons. The maximum Gasteiger partial charge on any atom is 0.146 e. The second-order valence-corrected chi connectivity index (χ2v) is 41.3. The molecule has 0 fully saturated rings. The largest absolute Gasteiger partial charge is 0.506 e. The van der Waals surface area contributed by atoms with E-state index in [1.54, 1.807) is 0 Å². The van der Waals surface area contributed by atoms with Gasteiger partial charge in [-0.25, -0.2) is 0 Å². The van der Waals surface area contributed by atoms with Crippen LogP contribution in [-0.4, -0.2) is 95.8 Å². The van der Waals surface area contributed by atoms with Crippen LogP contribution in [0.5, 0.6) is 28.7 Å². The Bertz CT molecular complexity index is 7480. The number of unbranched alkanes of at least 4 members (excludes halogenated alkanes) is 2. The predicted octanol–water partition coefficient (Wildman–Crippen LogP) is 27.5. The molecule has 0 saturated carbocycles. The molecule has 0 spiro atoms. The first-order chi connectivity index (χ1) is 62.1. The van der Waals surface area contributed by atoms with E-state index in [4.69, 9.17) is 23.2 Å². The molecule has 22 rings (SSSR count). The second-order valence-electron chi connectivity index (χ2n) is 40.4. The number of phenolic OH excluding ortho intramolecular Hbond substituents is 5. The summed E-state index contributed by atoms with van der Waals surface area (Å²) >= 11 is 12.2. The van der Waals surface area contributed by atoms with E-state index in [1.807, 2.05) is 147 Å². The zero-order valence-corrected chi connectivity index (χ0v) is 81.9. The fourth-order valence-electron chi connectivity index (χ4n) is 17.4. The molecule has 0 aliphatic rings. The number of benzene rings is 12. The molecule has 22 aromatic rings. The second kappa shape index (κ2) is 34.5. The minimum Gasteiger partial charge on any atom is -0.506 e. The summed E-state index contributed by atoms with van der Waals surface area (Å²) in [5.74, 6) is 1.79. The maximum absolute atomic E-state index is 11.2. The Morgan fingerprint density at radius 1 is 0.267 bits per heavy atom. The van der Waals surface area contributed by atoms with Crippen LogP contribution in [0, 0.1) is 20.8 Å². The lowest BCUT2D eigenvalue weighted by Gasteiger charge is -2.30. The minimum atomic E-state index is -0.143. The number of nitrogens with zero attached hydrogens (tertiary/aromatic N) is 15. The fraction of sp³-hybridized carbons (Fsp3) is 0.339. The van der Waals surface area contributed by atoms with Gasteiger partial charge in [0.25, 0.3) is 0 Å². The summed E-state index contributed by atoms with van der Waals surface area (Å²) in [6.07, 6.45) is 8.77. The van der Waals surface area contributed by atoms with Gasteiger partial charge in [-0.2, -0.15) is 0 Å². The van der Waals surface area contributed by atoms with Gasteiger partial charge in [-0.15, -0.1) is 70.3 Å². The van der Waals surface area contributed by atoms with E-state index in [0.717, 1.165) is 104 Å². The Kier molecular flexibility index (Phi) is 24.1. The van der Waals surface area contributed by atoms with Crippen LogP contribution in [0.2, 0.25) is 10.0 Å². The smallest absolute Gasteiger partial charge is 0.146 e. The van der Waals surface area contributed by atoms with E-state index in [9.17, 15) is 25.5 Å². The lowest BCUT2D eigenvalue weighted by molar-refractivity contribution is 0.422. The van der Waals surface area contributed by atoms with Gasteiger partial charge in [-0.05, 0) is 228 Å². The van der Waals surface area contributed by atoms with Gasteiger partial charge in [0.15, 0.2) is 0 Å². The van der Waals surface area contributed by atoms with Crippen molar-refractivity contribution in [1.82, 2.24) is 70.3 Å². The van der Waals surface area contributed by atoms with Gasteiger partial charge in [-0.3, -0.25) is 0 Å². The Labute approximate surface area is 777 Å². The van der Waals surface area contributed by atoms with Crippen molar-refractivity contribution in [3.63, 3.8) is 0 Å². The van der Waals surface area contributed by atoms with E-state index in [0.29, 0.717) is 38.8 Å². The van der Waals surface area contributed by atoms with Crippen molar-refractivity contribution in [1.29, 1.82) is 0 Å². The zero-order chi connectivity index (χ0) is 93.9. The molecule has 0 aliphatic carbocycles. The molecule has 0 saturated heterocycles. The summed E-state index contributed by atoms with van der Waals surface area (Å²) in [5, 5.41) is 55.2. The van der Waals surface area contributed by atoms with Crippen molar-refractivity contribution in [2.45, 2.75) is 243 Å². The van der Waals surface area contributed by atoms with Crippen LogP contribution in [0.4, 0.5) is 0 Å². The van der Waals surface area contributed by atoms with Crippen LogP contribution in [0.15, 0.2) is 237 Å². The van der Waals surface area contributed by atoms with Crippen molar-refractivity contribution in [2.75, 3.05) is 0 Å². The molecule has 0 unspecified atom stereocenters. The molecule has 0 bridgehead atoms. The molecule has 12 aromatic carbocycles.